The van der Waals surface area contributed by atoms with E-state index in [4.69, 9.17) is 0 Å². The van der Waals surface area contributed by atoms with Gasteiger partial charge in [0.05, 0.1) is 6.61 Å². The third kappa shape index (κ3) is 1.41. The quantitative estimate of drug-likeness (QED) is 0.600. The van der Waals surface area contributed by atoms with Gasteiger partial charge in [0.1, 0.15) is 0 Å². The van der Waals surface area contributed by atoms with Crippen molar-refractivity contribution in [2.75, 3.05) is 19.7 Å². The van der Waals surface area contributed by atoms with Crippen LogP contribution >= 0.6 is 0 Å². The number of fused-ring (bicyclic) bond motifs is 1. The zero-order valence-electron chi connectivity index (χ0n) is 7.76. The van der Waals surface area contributed by atoms with E-state index in [1.807, 2.05) is 0 Å². The summed E-state index contributed by atoms with van der Waals surface area (Å²) in [5, 5.41) is 9.19. The van der Waals surface area contributed by atoms with Crippen molar-refractivity contribution in [2.45, 2.75) is 31.2 Å². The highest BCUT2D eigenvalue weighted by Gasteiger charge is 2.43. The minimum atomic E-state index is 0.236. The summed E-state index contributed by atoms with van der Waals surface area (Å²) < 4.78 is 0. The van der Waals surface area contributed by atoms with Crippen molar-refractivity contribution in [3.8, 4) is 0 Å². The minimum absolute atomic E-state index is 0.236. The Morgan fingerprint density at radius 1 is 1.17 bits per heavy atom. The van der Waals surface area contributed by atoms with Crippen molar-refractivity contribution in [1.29, 1.82) is 0 Å². The third-order valence-electron chi connectivity index (χ3n) is 3.11. The molecule has 0 unspecified atom stereocenters. The summed E-state index contributed by atoms with van der Waals surface area (Å²) in [5.41, 5.74) is 0.236. The SMILES string of the molecule is C=C.OCC12CCCN1CCC2. The maximum absolute atomic E-state index is 9.19. The molecule has 0 bridgehead atoms. The molecule has 2 aliphatic heterocycles. The molecule has 2 aliphatic rings. The first-order valence-electron chi connectivity index (χ1n) is 4.73. The molecular weight excluding hydrogens is 150 g/mol. The van der Waals surface area contributed by atoms with Crippen LogP contribution in [0.5, 0.6) is 0 Å². The van der Waals surface area contributed by atoms with Crippen molar-refractivity contribution in [3.63, 3.8) is 0 Å². The van der Waals surface area contributed by atoms with Crippen molar-refractivity contribution in [1.82, 2.24) is 4.90 Å². The number of hydrogen-bond donors (Lipinski definition) is 1. The van der Waals surface area contributed by atoms with Crippen molar-refractivity contribution < 1.29 is 5.11 Å². The fraction of sp³-hybridized carbons (Fsp3) is 0.800. The predicted octanol–water partition coefficient (Wildman–Crippen LogP) is 1.41. The molecule has 70 valence electrons. The van der Waals surface area contributed by atoms with E-state index in [-0.39, 0.29) is 5.54 Å². The molecule has 2 saturated heterocycles. The summed E-state index contributed by atoms with van der Waals surface area (Å²) in [6, 6.07) is 0. The largest absolute Gasteiger partial charge is 0.394 e. The Bertz CT molecular complexity index is 137. The Hall–Kier alpha value is -0.340. The van der Waals surface area contributed by atoms with Gasteiger partial charge in [-0.05, 0) is 38.8 Å². The molecule has 0 aromatic carbocycles. The zero-order valence-corrected chi connectivity index (χ0v) is 7.76. The maximum atomic E-state index is 9.19. The molecule has 0 amide bonds. The first-order chi connectivity index (χ1) is 5.87. The number of aliphatic hydroxyl groups excluding tert-OH is 1. The van der Waals surface area contributed by atoms with Gasteiger partial charge in [-0.1, -0.05) is 0 Å². The molecule has 0 aliphatic carbocycles. The van der Waals surface area contributed by atoms with Gasteiger partial charge in [0.2, 0.25) is 0 Å². The van der Waals surface area contributed by atoms with Gasteiger partial charge in [-0.3, -0.25) is 4.90 Å². The smallest absolute Gasteiger partial charge is 0.0615 e. The second kappa shape index (κ2) is 4.06. The lowest BCUT2D eigenvalue weighted by Crippen LogP contribution is -2.41. The normalized spacial score (nSPS) is 26.1. The Morgan fingerprint density at radius 2 is 1.67 bits per heavy atom. The lowest BCUT2D eigenvalue weighted by molar-refractivity contribution is 0.0999. The van der Waals surface area contributed by atoms with Crippen LogP contribution in [-0.2, 0) is 0 Å². The summed E-state index contributed by atoms with van der Waals surface area (Å²) >= 11 is 0. The molecule has 0 aromatic heterocycles. The van der Waals surface area contributed by atoms with E-state index in [9.17, 15) is 5.11 Å². The number of rotatable bonds is 1. The van der Waals surface area contributed by atoms with Crippen LogP contribution < -0.4 is 0 Å². The fourth-order valence-corrected chi connectivity index (χ4v) is 2.48. The van der Waals surface area contributed by atoms with Gasteiger partial charge in [0, 0.05) is 5.54 Å². The lowest BCUT2D eigenvalue weighted by Gasteiger charge is -2.29. The molecule has 2 nitrogen and oxygen atoms in total. The molecule has 0 spiro atoms. The second-order valence-electron chi connectivity index (χ2n) is 3.58. The number of nitrogens with zero attached hydrogens (tertiary/aromatic N) is 1. The minimum Gasteiger partial charge on any atom is -0.394 e. The molecule has 1 N–H and O–H groups in total. The van der Waals surface area contributed by atoms with Gasteiger partial charge in [-0.25, -0.2) is 0 Å². The molecule has 2 rings (SSSR count). The van der Waals surface area contributed by atoms with E-state index in [0.29, 0.717) is 6.61 Å². The standard InChI is InChI=1S/C8H15NO.C2H4/c10-7-8-3-1-5-9(8)6-2-4-8;1-2/h10H,1-7H2;1-2H2. The maximum Gasteiger partial charge on any atom is 0.0615 e. The van der Waals surface area contributed by atoms with E-state index >= 15 is 0 Å². The summed E-state index contributed by atoms with van der Waals surface area (Å²) in [4.78, 5) is 2.47. The highest BCUT2D eigenvalue weighted by atomic mass is 16.3. The van der Waals surface area contributed by atoms with Gasteiger partial charge in [-0.15, -0.1) is 13.2 Å². The summed E-state index contributed by atoms with van der Waals surface area (Å²) in [6.07, 6.45) is 5.04. The molecule has 12 heavy (non-hydrogen) atoms. The van der Waals surface area contributed by atoms with Gasteiger partial charge in [0.25, 0.3) is 0 Å². The number of aliphatic hydroxyl groups is 1. The van der Waals surface area contributed by atoms with E-state index in [2.05, 4.69) is 18.1 Å². The summed E-state index contributed by atoms with van der Waals surface area (Å²) in [5.74, 6) is 0. The van der Waals surface area contributed by atoms with Crippen LogP contribution in [0.1, 0.15) is 25.7 Å². The molecule has 0 saturated carbocycles. The van der Waals surface area contributed by atoms with Crippen LogP contribution in [0.4, 0.5) is 0 Å². The third-order valence-corrected chi connectivity index (χ3v) is 3.11. The molecule has 0 aromatic rings. The highest BCUT2D eigenvalue weighted by molar-refractivity contribution is 4.99. The molecule has 2 heterocycles. The second-order valence-corrected chi connectivity index (χ2v) is 3.58. The summed E-state index contributed by atoms with van der Waals surface area (Å²) in [6.45, 7) is 8.83. The monoisotopic (exact) mass is 169 g/mol. The average molecular weight is 169 g/mol. The number of hydrogen-bond acceptors (Lipinski definition) is 2. The molecule has 0 atom stereocenters. The van der Waals surface area contributed by atoms with Crippen LogP contribution in [0, 0.1) is 0 Å². The van der Waals surface area contributed by atoms with Crippen molar-refractivity contribution >= 4 is 0 Å². The molecule has 2 fully saturated rings. The van der Waals surface area contributed by atoms with Crippen molar-refractivity contribution in [2.24, 2.45) is 0 Å². The van der Waals surface area contributed by atoms with Gasteiger partial charge < -0.3 is 5.11 Å². The first kappa shape index (κ1) is 9.75. The Balaban J connectivity index is 0.000000336. The lowest BCUT2D eigenvalue weighted by atomic mass is 9.96. The van der Waals surface area contributed by atoms with Crippen LogP contribution in [-0.4, -0.2) is 35.2 Å². The fourth-order valence-electron chi connectivity index (χ4n) is 2.48. The van der Waals surface area contributed by atoms with Crippen LogP contribution in [0.15, 0.2) is 13.2 Å². The van der Waals surface area contributed by atoms with Gasteiger partial charge in [0.15, 0.2) is 0 Å². The van der Waals surface area contributed by atoms with E-state index in [1.165, 1.54) is 38.8 Å². The van der Waals surface area contributed by atoms with E-state index in [1.54, 1.807) is 0 Å². The molecule has 0 radical (unpaired) electrons. The van der Waals surface area contributed by atoms with Crippen LogP contribution in [0.2, 0.25) is 0 Å². The first-order valence-corrected chi connectivity index (χ1v) is 4.73. The van der Waals surface area contributed by atoms with E-state index < -0.39 is 0 Å². The van der Waals surface area contributed by atoms with Gasteiger partial charge in [-0.2, -0.15) is 0 Å². The highest BCUT2D eigenvalue weighted by Crippen LogP contribution is 2.37. The van der Waals surface area contributed by atoms with E-state index in [0.717, 1.165) is 0 Å². The Labute approximate surface area is 74.9 Å². The Kier molecular flexibility index (Phi) is 3.29. The molecule has 2 heteroatoms. The van der Waals surface area contributed by atoms with Crippen LogP contribution in [0.25, 0.3) is 0 Å². The molecular formula is C10H19NO. The predicted molar refractivity (Wildman–Crippen MR) is 51.1 cm³/mol. The zero-order chi connectivity index (χ0) is 9.03. The van der Waals surface area contributed by atoms with Crippen LogP contribution in [0.3, 0.4) is 0 Å². The Morgan fingerprint density at radius 3 is 2.00 bits per heavy atom. The summed E-state index contributed by atoms with van der Waals surface area (Å²) in [7, 11) is 0. The average Bonchev–Trinajstić information content (AvgIpc) is 2.65. The topological polar surface area (TPSA) is 23.5 Å². The van der Waals surface area contributed by atoms with Gasteiger partial charge >= 0.3 is 0 Å². The van der Waals surface area contributed by atoms with Crippen molar-refractivity contribution in [3.05, 3.63) is 13.2 Å².